The number of hydrazone groups is 1. The smallest absolute Gasteiger partial charge is 0.267 e. The van der Waals surface area contributed by atoms with E-state index >= 15 is 0 Å². The van der Waals surface area contributed by atoms with Gasteiger partial charge in [0.15, 0.2) is 0 Å². The Bertz CT molecular complexity index is 1100. The number of aromatic amines is 2. The first-order valence-electron chi connectivity index (χ1n) is 7.31. The molecule has 2 aromatic carbocycles. The fourth-order valence-electron chi connectivity index (χ4n) is 2.27. The maximum atomic E-state index is 12.3. The van der Waals surface area contributed by atoms with Crippen molar-refractivity contribution in [3.63, 3.8) is 0 Å². The molecule has 3 rings (SSSR count). The zero-order valence-electron chi connectivity index (χ0n) is 13.1. The summed E-state index contributed by atoms with van der Waals surface area (Å²) in [6.45, 7) is 1.77. The Labute approximate surface area is 149 Å². The molecule has 1 aromatic heterocycles. The van der Waals surface area contributed by atoms with E-state index in [1.54, 1.807) is 6.92 Å². The average molecular weight is 401 g/mol. The van der Waals surface area contributed by atoms with Crippen LogP contribution in [0.2, 0.25) is 0 Å². The van der Waals surface area contributed by atoms with Crippen LogP contribution in [0, 0.1) is 0 Å². The Kier molecular flexibility index (Phi) is 4.62. The SMILES string of the molecule is CC(=NNC(=O)c1ccc2c(=O)[nH][nH]c(=O)c2c1)c1ccc(Br)cc1. The molecule has 126 valence electrons. The number of rotatable bonds is 3. The van der Waals surface area contributed by atoms with Crippen molar-refractivity contribution in [2.75, 3.05) is 0 Å². The van der Waals surface area contributed by atoms with Crippen molar-refractivity contribution in [1.29, 1.82) is 0 Å². The number of aromatic nitrogens is 2. The molecule has 0 unspecified atom stereocenters. The minimum atomic E-state index is -0.474. The summed E-state index contributed by atoms with van der Waals surface area (Å²) in [6, 6.07) is 11.8. The molecule has 0 atom stereocenters. The number of hydrogen-bond acceptors (Lipinski definition) is 4. The third kappa shape index (κ3) is 3.58. The van der Waals surface area contributed by atoms with E-state index in [2.05, 4.69) is 36.7 Å². The van der Waals surface area contributed by atoms with Crippen LogP contribution in [0.15, 0.2) is 61.6 Å². The van der Waals surface area contributed by atoms with Gasteiger partial charge >= 0.3 is 0 Å². The molecule has 0 spiro atoms. The lowest BCUT2D eigenvalue weighted by molar-refractivity contribution is 0.0955. The third-order valence-electron chi connectivity index (χ3n) is 3.65. The van der Waals surface area contributed by atoms with Gasteiger partial charge in [-0.3, -0.25) is 24.6 Å². The monoisotopic (exact) mass is 400 g/mol. The molecule has 0 radical (unpaired) electrons. The van der Waals surface area contributed by atoms with Crippen LogP contribution in [0.25, 0.3) is 10.8 Å². The number of hydrogen-bond donors (Lipinski definition) is 3. The van der Waals surface area contributed by atoms with Gasteiger partial charge in [0, 0.05) is 10.0 Å². The molecule has 8 heteroatoms. The van der Waals surface area contributed by atoms with E-state index < -0.39 is 17.0 Å². The summed E-state index contributed by atoms with van der Waals surface area (Å²) in [5, 5.41) is 8.89. The fourth-order valence-corrected chi connectivity index (χ4v) is 2.54. The Hall–Kier alpha value is -3.00. The lowest BCUT2D eigenvalue weighted by Crippen LogP contribution is -2.22. The average Bonchev–Trinajstić information content (AvgIpc) is 2.63. The normalized spacial score (nSPS) is 11.5. The van der Waals surface area contributed by atoms with E-state index in [1.165, 1.54) is 18.2 Å². The van der Waals surface area contributed by atoms with Crippen LogP contribution in [0.1, 0.15) is 22.8 Å². The fraction of sp³-hybridized carbons (Fsp3) is 0.0588. The Morgan fingerprint density at radius 2 is 1.56 bits per heavy atom. The highest BCUT2D eigenvalue weighted by atomic mass is 79.9. The van der Waals surface area contributed by atoms with E-state index in [0.717, 1.165) is 10.0 Å². The molecule has 3 aromatic rings. The molecular formula is C17H13BrN4O3. The highest BCUT2D eigenvalue weighted by Gasteiger charge is 2.09. The Morgan fingerprint density at radius 1 is 0.960 bits per heavy atom. The predicted molar refractivity (Wildman–Crippen MR) is 99.0 cm³/mol. The molecule has 0 saturated carbocycles. The van der Waals surface area contributed by atoms with Crippen LogP contribution in [0.5, 0.6) is 0 Å². The maximum Gasteiger partial charge on any atom is 0.271 e. The van der Waals surface area contributed by atoms with Crippen molar-refractivity contribution in [2.24, 2.45) is 5.10 Å². The maximum absolute atomic E-state index is 12.3. The molecule has 0 bridgehead atoms. The topological polar surface area (TPSA) is 107 Å². The van der Waals surface area contributed by atoms with Gasteiger partial charge in [-0.25, -0.2) is 5.43 Å². The van der Waals surface area contributed by atoms with Gasteiger partial charge < -0.3 is 0 Å². The Morgan fingerprint density at radius 3 is 2.24 bits per heavy atom. The lowest BCUT2D eigenvalue weighted by atomic mass is 10.1. The quantitative estimate of drug-likeness (QED) is 0.462. The molecule has 0 aliphatic heterocycles. The first-order chi connectivity index (χ1) is 12.0. The van der Waals surface area contributed by atoms with Crippen LogP contribution in [-0.2, 0) is 0 Å². The van der Waals surface area contributed by atoms with Crippen LogP contribution >= 0.6 is 15.9 Å². The van der Waals surface area contributed by atoms with Crippen LogP contribution in [0.4, 0.5) is 0 Å². The molecule has 1 amide bonds. The number of carbonyl (C=O) groups excluding carboxylic acids is 1. The number of benzene rings is 2. The molecule has 1 heterocycles. The molecule has 0 aliphatic carbocycles. The van der Waals surface area contributed by atoms with Crippen LogP contribution < -0.4 is 16.5 Å². The zero-order valence-corrected chi connectivity index (χ0v) is 14.7. The minimum absolute atomic E-state index is 0.144. The summed E-state index contributed by atoms with van der Waals surface area (Å²) in [4.78, 5) is 35.7. The first kappa shape index (κ1) is 16.8. The van der Waals surface area contributed by atoms with Crippen molar-refractivity contribution >= 4 is 38.3 Å². The van der Waals surface area contributed by atoms with E-state index in [1.807, 2.05) is 24.3 Å². The van der Waals surface area contributed by atoms with Crippen molar-refractivity contribution in [3.05, 3.63) is 78.8 Å². The van der Waals surface area contributed by atoms with Gasteiger partial charge in [-0.1, -0.05) is 28.1 Å². The molecule has 0 fully saturated rings. The lowest BCUT2D eigenvalue weighted by Gasteiger charge is -2.04. The minimum Gasteiger partial charge on any atom is -0.267 e. The van der Waals surface area contributed by atoms with Crippen molar-refractivity contribution in [1.82, 2.24) is 15.6 Å². The summed E-state index contributed by atoms with van der Waals surface area (Å²) < 4.78 is 0.949. The molecule has 3 N–H and O–H groups in total. The standard InChI is InChI=1S/C17H13BrN4O3/c1-9(10-2-5-12(18)6-3-10)19-20-15(23)11-4-7-13-14(8-11)17(25)22-21-16(13)24/h2-8H,1H3,(H,20,23)(H,21,24)(H,22,25). The summed E-state index contributed by atoms with van der Waals surface area (Å²) in [7, 11) is 0. The number of nitrogens with one attached hydrogen (secondary N) is 3. The highest BCUT2D eigenvalue weighted by Crippen LogP contribution is 2.11. The van der Waals surface area contributed by atoms with Gasteiger partial charge in [-0.2, -0.15) is 5.10 Å². The molecule has 0 aliphatic rings. The first-order valence-corrected chi connectivity index (χ1v) is 8.10. The van der Waals surface area contributed by atoms with Gasteiger partial charge in [-0.05, 0) is 42.8 Å². The van der Waals surface area contributed by atoms with E-state index in [-0.39, 0.29) is 16.3 Å². The molecule has 0 saturated heterocycles. The molecule has 7 nitrogen and oxygen atoms in total. The van der Waals surface area contributed by atoms with Crippen molar-refractivity contribution < 1.29 is 4.79 Å². The second-order valence-corrected chi connectivity index (χ2v) is 6.23. The van der Waals surface area contributed by atoms with Crippen molar-refractivity contribution in [2.45, 2.75) is 6.92 Å². The largest absolute Gasteiger partial charge is 0.271 e. The summed E-state index contributed by atoms with van der Waals surface area (Å²) in [5.41, 5.74) is 3.28. The molecule has 25 heavy (non-hydrogen) atoms. The predicted octanol–water partition coefficient (Wildman–Crippen LogP) is 2.13. The highest BCUT2D eigenvalue weighted by molar-refractivity contribution is 9.10. The number of halogens is 1. The van der Waals surface area contributed by atoms with Gasteiger partial charge in [0.05, 0.1) is 16.5 Å². The van der Waals surface area contributed by atoms with Crippen LogP contribution in [-0.4, -0.2) is 21.8 Å². The number of nitrogens with zero attached hydrogens (tertiary/aromatic N) is 1. The third-order valence-corrected chi connectivity index (χ3v) is 4.18. The Balaban J connectivity index is 1.86. The number of carbonyl (C=O) groups is 1. The number of H-pyrrole nitrogens is 2. The van der Waals surface area contributed by atoms with E-state index in [9.17, 15) is 14.4 Å². The van der Waals surface area contributed by atoms with Crippen molar-refractivity contribution in [3.8, 4) is 0 Å². The van der Waals surface area contributed by atoms with Gasteiger partial charge in [0.1, 0.15) is 0 Å². The second-order valence-electron chi connectivity index (χ2n) is 5.31. The summed E-state index contributed by atoms with van der Waals surface area (Å²) in [5.74, 6) is -0.474. The zero-order chi connectivity index (χ0) is 18.0. The summed E-state index contributed by atoms with van der Waals surface area (Å²) in [6.07, 6.45) is 0. The number of fused-ring (bicyclic) bond motifs is 1. The molecular weight excluding hydrogens is 388 g/mol. The van der Waals surface area contributed by atoms with Crippen LogP contribution in [0.3, 0.4) is 0 Å². The van der Waals surface area contributed by atoms with Gasteiger partial charge in [0.25, 0.3) is 17.0 Å². The van der Waals surface area contributed by atoms with Gasteiger partial charge in [-0.15, -0.1) is 0 Å². The van der Waals surface area contributed by atoms with E-state index in [4.69, 9.17) is 0 Å². The van der Waals surface area contributed by atoms with E-state index in [0.29, 0.717) is 5.71 Å². The number of amides is 1. The summed E-state index contributed by atoms with van der Waals surface area (Å²) >= 11 is 3.36. The second kappa shape index (κ2) is 6.86. The van der Waals surface area contributed by atoms with Gasteiger partial charge in [0.2, 0.25) is 0 Å².